The minimum atomic E-state index is -1.21. The second-order valence-corrected chi connectivity index (χ2v) is 10.6. The number of hydrogen-bond acceptors (Lipinski definition) is 9. The number of nitrogens with one attached hydrogen (secondary N) is 1. The third-order valence-corrected chi connectivity index (χ3v) is 7.64. The van der Waals surface area contributed by atoms with Crippen LogP contribution in [0.25, 0.3) is 27.8 Å². The molecule has 0 amide bonds. The highest BCUT2D eigenvalue weighted by Crippen LogP contribution is 2.30. The Bertz CT molecular complexity index is 1850. The van der Waals surface area contributed by atoms with Crippen molar-refractivity contribution in [3.05, 3.63) is 93.1 Å². The number of carboxylic acids is 1. The van der Waals surface area contributed by atoms with E-state index in [9.17, 15) is 14.7 Å². The maximum Gasteiger partial charge on any atom is 0.354 e. The number of carboxylic acid groups (broad SMARTS) is 1. The molecule has 13 heteroatoms. The molecule has 5 aromatic rings. The first-order valence-electron chi connectivity index (χ1n) is 13.0. The maximum absolute atomic E-state index is 13.6. The minimum Gasteiger partial charge on any atom is -0.477 e. The Balaban J connectivity index is 1.44. The second kappa shape index (κ2) is 11.4. The maximum atomic E-state index is 13.6. The monoisotopic (exact) mass is 602 g/mol. The van der Waals surface area contributed by atoms with Crippen LogP contribution in [-0.2, 0) is 0 Å². The van der Waals surface area contributed by atoms with Crippen LogP contribution in [0.15, 0.2) is 71.8 Å². The third-order valence-electron chi connectivity index (χ3n) is 7.03. The van der Waals surface area contributed by atoms with Gasteiger partial charge in [-0.3, -0.25) is 4.79 Å². The molecule has 1 saturated heterocycles. The zero-order chi connectivity index (χ0) is 29.4. The van der Waals surface area contributed by atoms with E-state index in [1.54, 1.807) is 24.3 Å². The molecule has 0 saturated carbocycles. The minimum absolute atomic E-state index is 0.139. The summed E-state index contributed by atoms with van der Waals surface area (Å²) in [6, 6.07) is 15.8. The molecule has 0 bridgehead atoms. The van der Waals surface area contributed by atoms with Gasteiger partial charge in [-0.1, -0.05) is 29.3 Å². The fourth-order valence-corrected chi connectivity index (χ4v) is 5.32. The van der Waals surface area contributed by atoms with Gasteiger partial charge in [0.05, 0.1) is 15.4 Å². The number of piperazine rings is 1. The highest BCUT2D eigenvalue weighted by Gasteiger charge is 2.21. The summed E-state index contributed by atoms with van der Waals surface area (Å²) in [6.45, 7) is 3.94. The lowest BCUT2D eigenvalue weighted by Crippen LogP contribution is -2.44. The molecule has 42 heavy (non-hydrogen) atoms. The van der Waals surface area contributed by atoms with Gasteiger partial charge >= 0.3 is 5.97 Å². The molecule has 6 rings (SSSR count). The standard InChI is InChI=1S/C29H24Cl2N8O3/c1-37-11-13-38(14-12-37)19-7-5-18(6-8-19)34-29-33-16-20-25(35-29)24(17-9-10-32-23(15-17)28(41)42)36-39(27(20)40)26-21(30)3-2-4-22(26)31/h2-10,15-16H,11-14H2,1H3,(H,41,42)(H,33,34,35). The average molecular weight is 603 g/mol. The van der Waals surface area contributed by atoms with Crippen LogP contribution in [-0.4, -0.2) is 73.9 Å². The molecule has 3 aromatic heterocycles. The van der Waals surface area contributed by atoms with E-state index in [4.69, 9.17) is 23.2 Å². The quantitative estimate of drug-likeness (QED) is 0.281. The van der Waals surface area contributed by atoms with Crippen LogP contribution in [0.3, 0.4) is 0 Å². The molecule has 1 aliphatic rings. The molecule has 2 N–H and O–H groups in total. The van der Waals surface area contributed by atoms with Gasteiger partial charge in [-0.15, -0.1) is 0 Å². The fraction of sp³-hybridized carbons (Fsp3) is 0.172. The van der Waals surface area contributed by atoms with Gasteiger partial charge < -0.3 is 20.2 Å². The summed E-state index contributed by atoms with van der Waals surface area (Å²) in [5, 5.41) is 17.8. The molecule has 0 radical (unpaired) electrons. The van der Waals surface area contributed by atoms with Crippen LogP contribution in [0.4, 0.5) is 17.3 Å². The summed E-state index contributed by atoms with van der Waals surface area (Å²) in [5.74, 6) is -0.973. The SMILES string of the molecule is CN1CCN(c2ccc(Nc3ncc4c(=O)n(-c5c(Cl)cccc5Cl)nc(-c5ccnc(C(=O)O)c5)c4n3)cc2)CC1. The zero-order valence-corrected chi connectivity index (χ0v) is 23.8. The van der Waals surface area contributed by atoms with Gasteiger partial charge in [0.25, 0.3) is 5.56 Å². The summed E-state index contributed by atoms with van der Waals surface area (Å²) >= 11 is 12.8. The Kier molecular flexibility index (Phi) is 7.46. The lowest BCUT2D eigenvalue weighted by Gasteiger charge is -2.34. The first-order chi connectivity index (χ1) is 20.3. The van der Waals surface area contributed by atoms with Crippen LogP contribution in [0.2, 0.25) is 10.0 Å². The van der Waals surface area contributed by atoms with Crippen molar-refractivity contribution in [2.45, 2.75) is 0 Å². The molecule has 212 valence electrons. The van der Waals surface area contributed by atoms with E-state index < -0.39 is 11.5 Å². The number of halogens is 2. The number of nitrogens with zero attached hydrogens (tertiary/aromatic N) is 7. The number of likely N-dealkylation sites (N-methyl/N-ethyl adjacent to an activating group) is 1. The average Bonchev–Trinajstić information content (AvgIpc) is 2.99. The molecule has 4 heterocycles. The highest BCUT2D eigenvalue weighted by molar-refractivity contribution is 6.37. The van der Waals surface area contributed by atoms with E-state index in [1.807, 2.05) is 24.3 Å². The van der Waals surface area contributed by atoms with Crippen molar-refractivity contribution in [2.24, 2.45) is 0 Å². The van der Waals surface area contributed by atoms with Gasteiger partial charge in [0.15, 0.2) is 0 Å². The molecule has 1 aliphatic heterocycles. The van der Waals surface area contributed by atoms with Crippen molar-refractivity contribution in [3.63, 3.8) is 0 Å². The number of benzene rings is 2. The second-order valence-electron chi connectivity index (χ2n) is 9.79. The Morgan fingerprint density at radius 2 is 1.69 bits per heavy atom. The van der Waals surface area contributed by atoms with Crippen molar-refractivity contribution < 1.29 is 9.90 Å². The number of carbonyl (C=O) groups is 1. The number of hydrogen-bond donors (Lipinski definition) is 2. The summed E-state index contributed by atoms with van der Waals surface area (Å²) in [5.41, 5.74) is 2.16. The molecule has 0 unspecified atom stereocenters. The topological polar surface area (TPSA) is 129 Å². The van der Waals surface area contributed by atoms with E-state index >= 15 is 0 Å². The number of rotatable bonds is 6. The molecule has 1 fully saturated rings. The lowest BCUT2D eigenvalue weighted by molar-refractivity contribution is 0.0690. The number of aromatic nitrogens is 5. The molecule has 0 aliphatic carbocycles. The van der Waals surface area contributed by atoms with Gasteiger partial charge in [-0.05, 0) is 55.6 Å². The van der Waals surface area contributed by atoms with Crippen LogP contribution < -0.4 is 15.8 Å². The van der Waals surface area contributed by atoms with E-state index in [-0.39, 0.29) is 44.0 Å². The van der Waals surface area contributed by atoms with E-state index in [0.717, 1.165) is 42.2 Å². The normalized spacial score (nSPS) is 13.8. The summed E-state index contributed by atoms with van der Waals surface area (Å²) in [7, 11) is 2.12. The van der Waals surface area contributed by atoms with Crippen molar-refractivity contribution >= 4 is 57.4 Å². The van der Waals surface area contributed by atoms with E-state index in [1.165, 1.54) is 18.5 Å². The van der Waals surface area contributed by atoms with Crippen molar-refractivity contribution in [1.29, 1.82) is 0 Å². The number of pyridine rings is 1. The summed E-state index contributed by atoms with van der Waals surface area (Å²) < 4.78 is 1.08. The Hall–Kier alpha value is -4.58. The van der Waals surface area contributed by atoms with Crippen molar-refractivity contribution in [1.82, 2.24) is 29.6 Å². The largest absolute Gasteiger partial charge is 0.477 e. The van der Waals surface area contributed by atoms with Gasteiger partial charge in [0.1, 0.15) is 22.6 Å². The summed E-state index contributed by atoms with van der Waals surface area (Å²) in [4.78, 5) is 42.9. The van der Waals surface area contributed by atoms with Gasteiger partial charge in [0, 0.05) is 55.5 Å². The molecule has 11 nitrogen and oxygen atoms in total. The molecule has 0 atom stereocenters. The number of anilines is 3. The van der Waals surface area contributed by atoms with Gasteiger partial charge in [0.2, 0.25) is 5.95 Å². The summed E-state index contributed by atoms with van der Waals surface area (Å²) in [6.07, 6.45) is 2.75. The van der Waals surface area contributed by atoms with Gasteiger partial charge in [-0.2, -0.15) is 9.78 Å². The Labute approximate surface area is 250 Å². The lowest BCUT2D eigenvalue weighted by atomic mass is 10.1. The molecular formula is C29H24Cl2N8O3. The van der Waals surface area contributed by atoms with E-state index in [0.29, 0.717) is 5.56 Å². The Morgan fingerprint density at radius 1 is 0.976 bits per heavy atom. The predicted molar refractivity (Wildman–Crippen MR) is 163 cm³/mol. The van der Waals surface area contributed by atoms with Gasteiger partial charge in [-0.25, -0.2) is 19.7 Å². The zero-order valence-electron chi connectivity index (χ0n) is 22.3. The van der Waals surface area contributed by atoms with Crippen molar-refractivity contribution in [3.8, 4) is 16.9 Å². The smallest absolute Gasteiger partial charge is 0.354 e. The molecule has 2 aromatic carbocycles. The first kappa shape index (κ1) is 27.6. The highest BCUT2D eigenvalue weighted by atomic mass is 35.5. The fourth-order valence-electron chi connectivity index (χ4n) is 4.77. The van der Waals surface area contributed by atoms with Crippen molar-refractivity contribution in [2.75, 3.05) is 43.4 Å². The molecule has 0 spiro atoms. The van der Waals surface area contributed by atoms with Crippen LogP contribution >= 0.6 is 23.2 Å². The van der Waals surface area contributed by atoms with Crippen LogP contribution in [0.5, 0.6) is 0 Å². The molecular weight excluding hydrogens is 579 g/mol. The number of fused-ring (bicyclic) bond motifs is 1. The number of para-hydroxylation sites is 1. The predicted octanol–water partition coefficient (Wildman–Crippen LogP) is 4.74. The third kappa shape index (κ3) is 5.37. The first-order valence-corrected chi connectivity index (χ1v) is 13.8. The van der Waals surface area contributed by atoms with Crippen LogP contribution in [0.1, 0.15) is 10.5 Å². The van der Waals surface area contributed by atoms with E-state index in [2.05, 4.69) is 42.2 Å². The Morgan fingerprint density at radius 3 is 2.38 bits per heavy atom. The van der Waals surface area contributed by atoms with Crippen LogP contribution in [0, 0.1) is 0 Å². The number of aromatic carboxylic acids is 1.